The van der Waals surface area contributed by atoms with Gasteiger partial charge >= 0.3 is 0 Å². The van der Waals surface area contributed by atoms with E-state index >= 15 is 0 Å². The smallest absolute Gasteiger partial charge is 0.255 e. The lowest BCUT2D eigenvalue weighted by Gasteiger charge is -2.15. The van der Waals surface area contributed by atoms with Gasteiger partial charge in [0.05, 0.1) is 12.9 Å². The number of halogens is 1. The Labute approximate surface area is 162 Å². The number of amides is 2. The molecule has 0 saturated carbocycles. The first-order valence-electron chi connectivity index (χ1n) is 8.83. The van der Waals surface area contributed by atoms with Crippen LogP contribution >= 0.6 is 0 Å². The lowest BCUT2D eigenvalue weighted by molar-refractivity contribution is -0.129. The summed E-state index contributed by atoms with van der Waals surface area (Å²) in [5.74, 6) is -0.859. The van der Waals surface area contributed by atoms with E-state index in [1.807, 2.05) is 48.5 Å². The van der Waals surface area contributed by atoms with Gasteiger partial charge in [-0.15, -0.1) is 0 Å². The Morgan fingerprint density at radius 3 is 2.64 bits per heavy atom. The van der Waals surface area contributed by atoms with Crippen LogP contribution in [0.5, 0.6) is 0 Å². The fourth-order valence-electron chi connectivity index (χ4n) is 2.97. The quantitative estimate of drug-likeness (QED) is 0.807. The highest BCUT2D eigenvalue weighted by molar-refractivity contribution is 6.03. The largest absolute Gasteiger partial charge is 0.327 e. The number of carbonyl (C=O) groups excluding carboxylic acids is 2. The average Bonchev–Trinajstić information content (AvgIpc) is 3.06. The van der Waals surface area contributed by atoms with Crippen LogP contribution in [0.1, 0.15) is 18.4 Å². The molecule has 7 heteroatoms. The van der Waals surface area contributed by atoms with E-state index < -0.39 is 5.92 Å². The molecule has 28 heavy (non-hydrogen) atoms. The third kappa shape index (κ3) is 4.32. The van der Waals surface area contributed by atoms with Crippen LogP contribution in [0.2, 0.25) is 0 Å². The zero-order valence-corrected chi connectivity index (χ0v) is 15.4. The van der Waals surface area contributed by atoms with E-state index in [4.69, 9.17) is 5.73 Å². The van der Waals surface area contributed by atoms with Crippen molar-refractivity contribution in [2.45, 2.75) is 12.8 Å². The predicted molar refractivity (Wildman–Crippen MR) is 107 cm³/mol. The molecule has 1 atom stereocenters. The highest BCUT2D eigenvalue weighted by Gasteiger charge is 2.30. The highest BCUT2D eigenvalue weighted by Crippen LogP contribution is 2.28. The second kappa shape index (κ2) is 8.58. The molecule has 2 aromatic carbocycles. The third-order valence-electron chi connectivity index (χ3n) is 4.43. The summed E-state index contributed by atoms with van der Waals surface area (Å²) in [5.41, 5.74) is 9.18. The average molecular weight is 380 g/mol. The summed E-state index contributed by atoms with van der Waals surface area (Å²) in [6, 6.07) is 15.1. The molecule has 0 aliphatic carbocycles. The van der Waals surface area contributed by atoms with Crippen LogP contribution in [0.15, 0.2) is 65.5 Å². The Balaban J connectivity index is 1.78. The van der Waals surface area contributed by atoms with E-state index in [1.165, 1.54) is 11.9 Å². The van der Waals surface area contributed by atoms with E-state index in [2.05, 4.69) is 10.4 Å². The molecular weight excluding hydrogens is 359 g/mol. The Morgan fingerprint density at radius 1 is 1.25 bits per heavy atom. The summed E-state index contributed by atoms with van der Waals surface area (Å²) in [6.07, 6.45) is 1.98. The van der Waals surface area contributed by atoms with Crippen molar-refractivity contribution < 1.29 is 14.0 Å². The van der Waals surface area contributed by atoms with Crippen LogP contribution in [0.4, 0.5) is 10.1 Å². The fraction of sp³-hybridized carbons (Fsp3) is 0.190. The van der Waals surface area contributed by atoms with Crippen molar-refractivity contribution in [2.24, 2.45) is 10.8 Å². The first kappa shape index (κ1) is 19.4. The van der Waals surface area contributed by atoms with Crippen LogP contribution in [0, 0.1) is 0 Å². The molecule has 144 valence electrons. The molecular formula is C21H21FN4O2. The van der Waals surface area contributed by atoms with Gasteiger partial charge in [-0.3, -0.25) is 9.59 Å². The summed E-state index contributed by atoms with van der Waals surface area (Å²) in [5, 5.41) is 8.07. The summed E-state index contributed by atoms with van der Waals surface area (Å²) >= 11 is 0. The molecule has 1 heterocycles. The lowest BCUT2D eigenvalue weighted by Crippen LogP contribution is -2.28. The summed E-state index contributed by atoms with van der Waals surface area (Å²) in [4.78, 5) is 23.8. The van der Waals surface area contributed by atoms with Crippen molar-refractivity contribution in [3.05, 3.63) is 66.0 Å². The molecule has 0 bridgehead atoms. The first-order valence-corrected chi connectivity index (χ1v) is 8.83. The first-order chi connectivity index (χ1) is 13.5. The number of rotatable bonds is 6. The van der Waals surface area contributed by atoms with Crippen LogP contribution in [0.25, 0.3) is 11.1 Å². The number of anilines is 1. The van der Waals surface area contributed by atoms with Gasteiger partial charge < -0.3 is 11.1 Å². The van der Waals surface area contributed by atoms with Gasteiger partial charge in [0.1, 0.15) is 5.92 Å². The second-order valence-electron chi connectivity index (χ2n) is 6.49. The van der Waals surface area contributed by atoms with Crippen LogP contribution in [0.3, 0.4) is 0 Å². The van der Waals surface area contributed by atoms with Crippen molar-refractivity contribution in [3.8, 4) is 11.1 Å². The normalized spacial score (nSPS) is 16.5. The number of nitrogens with two attached hydrogens (primary N) is 1. The zero-order valence-electron chi connectivity index (χ0n) is 15.4. The lowest BCUT2D eigenvalue weighted by atomic mass is 9.95. The maximum Gasteiger partial charge on any atom is 0.255 e. The standard InChI is InChI=1S/C21H21FN4O2/c1-14(27)25-19-7-5-16(6-8-19)17-3-2-4-18(9-17)20-12-24-26(21(20)28)13-15(10-22)11-23/h2-10,12,20H,11,13,23H2,1H3,(H,25,27)/b15-10-. The number of hydrogen-bond acceptors (Lipinski definition) is 4. The summed E-state index contributed by atoms with van der Waals surface area (Å²) in [6.45, 7) is 1.54. The minimum absolute atomic E-state index is 0.0322. The molecule has 3 N–H and O–H groups in total. The summed E-state index contributed by atoms with van der Waals surface area (Å²) in [7, 11) is 0. The van der Waals surface area contributed by atoms with Gasteiger partial charge in [0.2, 0.25) is 5.91 Å². The van der Waals surface area contributed by atoms with E-state index in [0.29, 0.717) is 11.9 Å². The van der Waals surface area contributed by atoms with Crippen molar-refractivity contribution >= 4 is 23.7 Å². The maximum atomic E-state index is 12.7. The van der Waals surface area contributed by atoms with Gasteiger partial charge in [0, 0.05) is 25.4 Å². The molecule has 0 radical (unpaired) electrons. The minimum atomic E-state index is -0.516. The highest BCUT2D eigenvalue weighted by atomic mass is 19.1. The molecule has 1 unspecified atom stereocenters. The van der Waals surface area contributed by atoms with E-state index in [1.54, 1.807) is 6.21 Å². The van der Waals surface area contributed by atoms with Gasteiger partial charge in [-0.25, -0.2) is 9.40 Å². The minimum Gasteiger partial charge on any atom is -0.327 e. The van der Waals surface area contributed by atoms with E-state index in [9.17, 15) is 14.0 Å². The van der Waals surface area contributed by atoms with Gasteiger partial charge in [-0.1, -0.05) is 30.3 Å². The number of hydrazone groups is 1. The van der Waals surface area contributed by atoms with Crippen LogP contribution < -0.4 is 11.1 Å². The van der Waals surface area contributed by atoms with Crippen LogP contribution in [-0.2, 0) is 9.59 Å². The molecule has 1 aliphatic rings. The molecule has 2 aromatic rings. The van der Waals surface area contributed by atoms with E-state index in [0.717, 1.165) is 22.4 Å². The summed E-state index contributed by atoms with van der Waals surface area (Å²) < 4.78 is 12.7. The van der Waals surface area contributed by atoms with Gasteiger partial charge in [-0.05, 0) is 40.5 Å². The van der Waals surface area contributed by atoms with Crippen molar-refractivity contribution in [3.63, 3.8) is 0 Å². The van der Waals surface area contributed by atoms with Crippen LogP contribution in [-0.4, -0.2) is 36.1 Å². The third-order valence-corrected chi connectivity index (χ3v) is 4.43. The predicted octanol–water partition coefficient (Wildman–Crippen LogP) is 3.04. The molecule has 6 nitrogen and oxygen atoms in total. The fourth-order valence-corrected chi connectivity index (χ4v) is 2.97. The van der Waals surface area contributed by atoms with E-state index in [-0.39, 0.29) is 24.9 Å². The van der Waals surface area contributed by atoms with Crippen molar-refractivity contribution in [1.29, 1.82) is 0 Å². The number of hydrogen-bond donors (Lipinski definition) is 2. The SMILES string of the molecule is CC(=O)Nc1ccc(-c2cccc(C3C=NN(C/C(=C\F)CN)C3=O)c2)cc1. The number of benzene rings is 2. The second-order valence-corrected chi connectivity index (χ2v) is 6.49. The Bertz CT molecular complexity index is 938. The number of nitrogens with zero attached hydrogens (tertiary/aromatic N) is 2. The molecule has 2 amide bonds. The molecule has 0 saturated heterocycles. The van der Waals surface area contributed by atoms with Gasteiger partial charge in [-0.2, -0.15) is 5.10 Å². The maximum absolute atomic E-state index is 12.7. The molecule has 0 aromatic heterocycles. The van der Waals surface area contributed by atoms with Crippen molar-refractivity contribution in [1.82, 2.24) is 5.01 Å². The van der Waals surface area contributed by atoms with Gasteiger partial charge in [0.15, 0.2) is 0 Å². The monoisotopic (exact) mass is 380 g/mol. The Hall–Kier alpha value is -3.32. The topological polar surface area (TPSA) is 87.8 Å². The van der Waals surface area contributed by atoms with Crippen molar-refractivity contribution in [2.75, 3.05) is 18.4 Å². The number of nitrogens with one attached hydrogen (secondary N) is 1. The Morgan fingerprint density at radius 2 is 2.00 bits per heavy atom. The van der Waals surface area contributed by atoms with Gasteiger partial charge in [0.25, 0.3) is 5.91 Å². The zero-order chi connectivity index (χ0) is 20.1. The molecule has 0 fully saturated rings. The Kier molecular flexibility index (Phi) is 5.96. The molecule has 3 rings (SSSR count). The molecule has 1 aliphatic heterocycles. The molecule has 0 spiro atoms. The number of carbonyl (C=O) groups is 2.